The van der Waals surface area contributed by atoms with Crippen molar-refractivity contribution in [3.05, 3.63) is 64.4 Å². The Hall–Kier alpha value is -2.07. The van der Waals surface area contributed by atoms with Gasteiger partial charge in [0.2, 0.25) is 0 Å². The number of rotatable bonds is 7. The van der Waals surface area contributed by atoms with E-state index in [2.05, 4.69) is 58.7 Å². The van der Waals surface area contributed by atoms with Gasteiger partial charge in [-0.2, -0.15) is 0 Å². The first-order valence-corrected chi connectivity index (χ1v) is 8.73. The van der Waals surface area contributed by atoms with Crippen molar-refractivity contribution in [3.63, 3.8) is 0 Å². The van der Waals surface area contributed by atoms with Crippen molar-refractivity contribution in [1.82, 2.24) is 15.6 Å². The molecule has 2 aromatic rings. The number of nitrogens with one attached hydrogen (secondary N) is 2. The molecule has 0 aliphatic carbocycles. The highest BCUT2D eigenvalue weighted by Gasteiger charge is 1.99. The van der Waals surface area contributed by atoms with E-state index in [9.17, 15) is 0 Å². The molecule has 0 spiro atoms. The molecular formula is C19H25ClN4. The highest BCUT2D eigenvalue weighted by molar-refractivity contribution is 6.29. The molecule has 0 bridgehead atoms. The average molecular weight is 345 g/mol. The lowest BCUT2D eigenvalue weighted by Crippen LogP contribution is -2.38. The Morgan fingerprint density at radius 2 is 2.00 bits per heavy atom. The monoisotopic (exact) mass is 344 g/mol. The fourth-order valence-corrected chi connectivity index (χ4v) is 2.50. The van der Waals surface area contributed by atoms with E-state index in [-0.39, 0.29) is 0 Å². The minimum absolute atomic E-state index is 0.526. The van der Waals surface area contributed by atoms with Gasteiger partial charge in [-0.25, -0.2) is 4.98 Å². The van der Waals surface area contributed by atoms with Crippen LogP contribution in [0, 0.1) is 6.92 Å². The summed E-state index contributed by atoms with van der Waals surface area (Å²) in [6.45, 7) is 6.60. The number of halogens is 1. The van der Waals surface area contributed by atoms with Gasteiger partial charge < -0.3 is 10.6 Å². The van der Waals surface area contributed by atoms with Crippen molar-refractivity contribution >= 4 is 17.6 Å². The Morgan fingerprint density at radius 1 is 1.12 bits per heavy atom. The van der Waals surface area contributed by atoms with Crippen molar-refractivity contribution in [1.29, 1.82) is 0 Å². The summed E-state index contributed by atoms with van der Waals surface area (Å²) in [5, 5.41) is 7.16. The van der Waals surface area contributed by atoms with Crippen molar-refractivity contribution < 1.29 is 0 Å². The fourth-order valence-electron chi connectivity index (χ4n) is 2.39. The maximum atomic E-state index is 5.80. The molecular weight excluding hydrogens is 320 g/mol. The van der Waals surface area contributed by atoms with Crippen molar-refractivity contribution in [3.8, 4) is 0 Å². The molecule has 0 aliphatic heterocycles. The molecule has 1 aromatic heterocycles. The van der Waals surface area contributed by atoms with E-state index < -0.39 is 0 Å². The zero-order valence-corrected chi connectivity index (χ0v) is 15.1. The van der Waals surface area contributed by atoms with Crippen molar-refractivity contribution in [2.45, 2.75) is 26.7 Å². The maximum absolute atomic E-state index is 5.80. The zero-order chi connectivity index (χ0) is 17.2. The van der Waals surface area contributed by atoms with Gasteiger partial charge in [-0.15, -0.1) is 0 Å². The minimum Gasteiger partial charge on any atom is -0.357 e. The lowest BCUT2D eigenvalue weighted by molar-refractivity contribution is 0.795. The summed E-state index contributed by atoms with van der Waals surface area (Å²) in [5.41, 5.74) is 3.77. The third-order valence-electron chi connectivity index (χ3n) is 3.59. The third-order valence-corrected chi connectivity index (χ3v) is 3.82. The van der Waals surface area contributed by atoms with Gasteiger partial charge in [0, 0.05) is 25.8 Å². The van der Waals surface area contributed by atoms with Crippen LogP contribution < -0.4 is 10.6 Å². The molecule has 0 aliphatic rings. The van der Waals surface area contributed by atoms with Crippen LogP contribution in [0.3, 0.4) is 0 Å². The summed E-state index contributed by atoms with van der Waals surface area (Å²) in [6.07, 6.45) is 3.64. The molecule has 0 saturated carbocycles. The molecule has 1 heterocycles. The van der Waals surface area contributed by atoms with Gasteiger partial charge in [-0.3, -0.25) is 4.99 Å². The Morgan fingerprint density at radius 3 is 2.71 bits per heavy atom. The molecule has 0 radical (unpaired) electrons. The fraction of sp³-hybridized carbons (Fsp3) is 0.368. The Bertz CT molecular complexity index is 653. The van der Waals surface area contributed by atoms with Gasteiger partial charge in [0.05, 0.1) is 0 Å². The van der Waals surface area contributed by atoms with Gasteiger partial charge in [0.15, 0.2) is 5.96 Å². The van der Waals surface area contributed by atoms with E-state index in [1.807, 2.05) is 18.3 Å². The van der Waals surface area contributed by atoms with E-state index in [0.717, 1.165) is 44.0 Å². The summed E-state index contributed by atoms with van der Waals surface area (Å²) in [7, 11) is 0. The predicted octanol–water partition coefficient (Wildman–Crippen LogP) is 3.38. The second-order valence-corrected chi connectivity index (χ2v) is 6.05. The standard InChI is InChI=1S/C19H25ClN4/c1-3-21-19(22-11-9-16-6-4-5-15(2)13-16)23-12-10-17-7-8-18(20)24-14-17/h4-8,13-14H,3,9-12H2,1-2H3,(H2,21,22,23). The van der Waals surface area contributed by atoms with E-state index in [1.54, 1.807) is 0 Å². The first-order valence-electron chi connectivity index (χ1n) is 8.35. The van der Waals surface area contributed by atoms with Crippen LogP contribution in [0.1, 0.15) is 23.6 Å². The van der Waals surface area contributed by atoms with Gasteiger partial charge >= 0.3 is 0 Å². The molecule has 0 fully saturated rings. The zero-order valence-electron chi connectivity index (χ0n) is 14.3. The van der Waals surface area contributed by atoms with Crippen LogP contribution in [0.4, 0.5) is 0 Å². The first kappa shape index (κ1) is 18.3. The Kier molecular flexibility index (Phi) is 7.56. The molecule has 1 aromatic carbocycles. The minimum atomic E-state index is 0.526. The van der Waals surface area contributed by atoms with Crippen LogP contribution >= 0.6 is 11.6 Å². The highest BCUT2D eigenvalue weighted by Crippen LogP contribution is 2.06. The van der Waals surface area contributed by atoms with Crippen molar-refractivity contribution in [2.24, 2.45) is 4.99 Å². The third kappa shape index (κ3) is 6.59. The number of aryl methyl sites for hydroxylation is 1. The summed E-state index contributed by atoms with van der Waals surface area (Å²) in [4.78, 5) is 8.74. The molecule has 2 N–H and O–H groups in total. The molecule has 2 rings (SSSR count). The number of aliphatic imine (C=N–C) groups is 1. The summed E-state index contributed by atoms with van der Waals surface area (Å²) >= 11 is 5.80. The van der Waals surface area contributed by atoms with Gasteiger partial charge in [0.1, 0.15) is 5.15 Å². The van der Waals surface area contributed by atoms with Crippen LogP contribution in [0.15, 0.2) is 47.6 Å². The SMILES string of the molecule is CCNC(=NCCc1cccc(C)c1)NCCc1ccc(Cl)nc1. The number of aromatic nitrogens is 1. The topological polar surface area (TPSA) is 49.3 Å². The normalized spacial score (nSPS) is 11.4. The Balaban J connectivity index is 1.80. The van der Waals surface area contributed by atoms with Crippen molar-refractivity contribution in [2.75, 3.05) is 19.6 Å². The molecule has 128 valence electrons. The van der Waals surface area contributed by atoms with E-state index in [4.69, 9.17) is 11.6 Å². The lowest BCUT2D eigenvalue weighted by Gasteiger charge is -2.11. The number of hydrogen-bond donors (Lipinski definition) is 2. The van der Waals surface area contributed by atoms with Crippen LogP contribution in [0.5, 0.6) is 0 Å². The number of hydrogen-bond acceptors (Lipinski definition) is 2. The maximum Gasteiger partial charge on any atom is 0.191 e. The van der Waals surface area contributed by atoms with Crippen LogP contribution in [0.2, 0.25) is 5.15 Å². The number of pyridine rings is 1. The molecule has 0 atom stereocenters. The smallest absolute Gasteiger partial charge is 0.191 e. The summed E-state index contributed by atoms with van der Waals surface area (Å²) in [6, 6.07) is 12.4. The number of guanidine groups is 1. The molecule has 5 heteroatoms. The van der Waals surface area contributed by atoms with Crippen LogP contribution in [-0.2, 0) is 12.8 Å². The summed E-state index contributed by atoms with van der Waals surface area (Å²) < 4.78 is 0. The molecule has 4 nitrogen and oxygen atoms in total. The largest absolute Gasteiger partial charge is 0.357 e. The van der Waals surface area contributed by atoms with E-state index in [1.165, 1.54) is 11.1 Å². The van der Waals surface area contributed by atoms with Crippen LogP contribution in [0.25, 0.3) is 0 Å². The number of nitrogens with zero attached hydrogens (tertiary/aromatic N) is 2. The average Bonchev–Trinajstić information content (AvgIpc) is 2.57. The van der Waals surface area contributed by atoms with Gasteiger partial charge in [-0.05, 0) is 43.9 Å². The Labute approximate surface area is 149 Å². The highest BCUT2D eigenvalue weighted by atomic mass is 35.5. The molecule has 0 amide bonds. The molecule has 0 saturated heterocycles. The second-order valence-electron chi connectivity index (χ2n) is 5.67. The quantitative estimate of drug-likeness (QED) is 0.460. The van der Waals surface area contributed by atoms with Crippen LogP contribution in [-0.4, -0.2) is 30.6 Å². The van der Waals surface area contributed by atoms with E-state index in [0.29, 0.717) is 5.15 Å². The molecule has 0 unspecified atom stereocenters. The number of benzene rings is 1. The first-order chi connectivity index (χ1) is 11.7. The van der Waals surface area contributed by atoms with Gasteiger partial charge in [0.25, 0.3) is 0 Å². The predicted molar refractivity (Wildman–Crippen MR) is 102 cm³/mol. The summed E-state index contributed by atoms with van der Waals surface area (Å²) in [5.74, 6) is 0.854. The van der Waals surface area contributed by atoms with E-state index >= 15 is 0 Å². The lowest BCUT2D eigenvalue weighted by atomic mass is 10.1. The molecule has 24 heavy (non-hydrogen) atoms. The second kappa shape index (κ2) is 9.93. The van der Waals surface area contributed by atoms with Gasteiger partial charge in [-0.1, -0.05) is 47.5 Å².